The fourth-order valence-electron chi connectivity index (χ4n) is 4.42. The van der Waals surface area contributed by atoms with Crippen LogP contribution in [0.2, 0.25) is 0 Å². The van der Waals surface area contributed by atoms with Crippen molar-refractivity contribution in [1.29, 1.82) is 0 Å². The molecule has 0 radical (unpaired) electrons. The second-order valence-corrected chi connectivity index (χ2v) is 7.57. The van der Waals surface area contributed by atoms with E-state index in [9.17, 15) is 14.9 Å². The Kier molecular flexibility index (Phi) is 6.52. The number of benzene rings is 2. The van der Waals surface area contributed by atoms with Gasteiger partial charge in [0.25, 0.3) is 5.69 Å². The van der Waals surface area contributed by atoms with Gasteiger partial charge in [0.15, 0.2) is 0 Å². The van der Waals surface area contributed by atoms with Gasteiger partial charge in [-0.15, -0.1) is 12.4 Å². The molecule has 2 aromatic rings. The molecule has 29 heavy (non-hydrogen) atoms. The molecule has 0 aliphatic carbocycles. The van der Waals surface area contributed by atoms with Crippen LogP contribution in [0.3, 0.4) is 0 Å². The molecule has 4 rings (SSSR count). The number of carbonyl (C=O) groups is 1. The van der Waals surface area contributed by atoms with Gasteiger partial charge < -0.3 is 10.6 Å². The first-order chi connectivity index (χ1) is 13.6. The number of hydrogen-bond acceptors (Lipinski definition) is 5. The third-order valence-electron chi connectivity index (χ3n) is 5.88. The van der Waals surface area contributed by atoms with Crippen molar-refractivity contribution in [2.45, 2.75) is 12.3 Å². The Balaban J connectivity index is 0.00000240. The van der Waals surface area contributed by atoms with E-state index in [2.05, 4.69) is 17.0 Å². The summed E-state index contributed by atoms with van der Waals surface area (Å²) in [4.78, 5) is 27.5. The molecule has 154 valence electrons. The van der Waals surface area contributed by atoms with E-state index >= 15 is 0 Å². The molecule has 2 N–H and O–H groups in total. The van der Waals surface area contributed by atoms with Crippen LogP contribution in [0, 0.1) is 16.0 Å². The lowest BCUT2D eigenvalue weighted by Crippen LogP contribution is -2.39. The molecule has 2 aliphatic heterocycles. The van der Waals surface area contributed by atoms with E-state index in [1.54, 1.807) is 11.0 Å². The van der Waals surface area contributed by atoms with Crippen molar-refractivity contribution in [1.82, 2.24) is 4.90 Å². The first-order valence-corrected chi connectivity index (χ1v) is 9.62. The molecule has 1 fully saturated rings. The molecule has 2 heterocycles. The van der Waals surface area contributed by atoms with Crippen molar-refractivity contribution < 1.29 is 9.72 Å². The molecular weight excluding hydrogens is 392 g/mol. The van der Waals surface area contributed by atoms with Crippen LogP contribution in [0.25, 0.3) is 0 Å². The monoisotopic (exact) mass is 416 g/mol. The predicted octanol–water partition coefficient (Wildman–Crippen LogP) is 2.58. The van der Waals surface area contributed by atoms with Gasteiger partial charge in [-0.2, -0.15) is 0 Å². The number of nitro benzene ring substituents is 1. The standard InChI is InChI=1S/C21H24N4O3.ClH/c22-11-17-12-23(13-19(17)15-4-2-1-3-5-15)14-21(26)24-9-8-16-6-7-18(25(27)28)10-20(16)24;/h1-7,10,17,19H,8-9,11-14,22H2;1H/t17-,19+;/m1./s1. The number of halogens is 1. The zero-order valence-corrected chi connectivity index (χ0v) is 16.9. The van der Waals surface area contributed by atoms with E-state index in [1.165, 1.54) is 17.7 Å². The quantitative estimate of drug-likeness (QED) is 0.597. The lowest BCUT2D eigenvalue weighted by atomic mass is 9.89. The number of amides is 1. The first kappa shape index (κ1) is 21.2. The van der Waals surface area contributed by atoms with Gasteiger partial charge in [-0.25, -0.2) is 0 Å². The SMILES string of the molecule is Cl.NC[C@@H]1CN(CC(=O)N2CCc3ccc([N+](=O)[O-])cc32)C[C@H]1c1ccccc1. The number of nitrogens with zero attached hydrogens (tertiary/aromatic N) is 3. The van der Waals surface area contributed by atoms with Crippen molar-refractivity contribution >= 4 is 29.7 Å². The second-order valence-electron chi connectivity index (χ2n) is 7.57. The molecule has 1 saturated heterocycles. The maximum absolute atomic E-state index is 13.0. The molecule has 0 saturated carbocycles. The second kappa shape index (κ2) is 8.90. The van der Waals surface area contributed by atoms with Crippen LogP contribution in [0.5, 0.6) is 0 Å². The van der Waals surface area contributed by atoms with Crippen LogP contribution in [-0.4, -0.2) is 48.5 Å². The minimum Gasteiger partial charge on any atom is -0.330 e. The summed E-state index contributed by atoms with van der Waals surface area (Å²) in [5.74, 6) is 0.636. The highest BCUT2D eigenvalue weighted by molar-refractivity contribution is 5.97. The fraction of sp³-hybridized carbons (Fsp3) is 0.381. The Morgan fingerprint density at radius 1 is 1.17 bits per heavy atom. The number of non-ortho nitro benzene ring substituents is 1. The number of hydrogen-bond donors (Lipinski definition) is 1. The topological polar surface area (TPSA) is 92.7 Å². The number of fused-ring (bicyclic) bond motifs is 1. The minimum absolute atomic E-state index is 0. The molecule has 0 spiro atoms. The van der Waals surface area contributed by atoms with Gasteiger partial charge in [-0.05, 0) is 30.0 Å². The van der Waals surface area contributed by atoms with Crippen LogP contribution >= 0.6 is 12.4 Å². The molecule has 8 heteroatoms. The summed E-state index contributed by atoms with van der Waals surface area (Å²) >= 11 is 0. The summed E-state index contributed by atoms with van der Waals surface area (Å²) in [6.45, 7) is 3.06. The maximum Gasteiger partial charge on any atom is 0.271 e. The van der Waals surface area contributed by atoms with Gasteiger partial charge in [0.2, 0.25) is 5.91 Å². The third-order valence-corrected chi connectivity index (χ3v) is 5.88. The molecule has 2 aliphatic rings. The Morgan fingerprint density at radius 2 is 1.93 bits per heavy atom. The van der Waals surface area contributed by atoms with E-state index in [-0.39, 0.29) is 24.0 Å². The van der Waals surface area contributed by atoms with Crippen molar-refractivity contribution in [2.24, 2.45) is 11.7 Å². The molecule has 2 aromatic carbocycles. The van der Waals surface area contributed by atoms with Gasteiger partial charge >= 0.3 is 0 Å². The van der Waals surface area contributed by atoms with E-state index in [4.69, 9.17) is 5.73 Å². The van der Waals surface area contributed by atoms with E-state index in [1.807, 2.05) is 18.2 Å². The highest BCUT2D eigenvalue weighted by Gasteiger charge is 2.35. The average Bonchev–Trinajstić information content (AvgIpc) is 3.31. The van der Waals surface area contributed by atoms with Crippen molar-refractivity contribution in [3.05, 3.63) is 69.8 Å². The predicted molar refractivity (Wildman–Crippen MR) is 115 cm³/mol. The Hall–Kier alpha value is -2.48. The number of carbonyl (C=O) groups excluding carboxylic acids is 1. The zero-order valence-electron chi connectivity index (χ0n) is 16.1. The normalized spacial score (nSPS) is 20.9. The number of anilines is 1. The van der Waals surface area contributed by atoms with E-state index in [0.717, 1.165) is 25.1 Å². The molecule has 1 amide bonds. The average molecular weight is 417 g/mol. The van der Waals surface area contributed by atoms with Crippen LogP contribution in [-0.2, 0) is 11.2 Å². The Labute approximate surface area is 176 Å². The minimum atomic E-state index is -0.419. The number of nitrogens with two attached hydrogens (primary N) is 1. The van der Waals surface area contributed by atoms with Crippen LogP contribution < -0.4 is 10.6 Å². The van der Waals surface area contributed by atoms with Gasteiger partial charge in [0.1, 0.15) is 0 Å². The van der Waals surface area contributed by atoms with Crippen molar-refractivity contribution in [2.75, 3.05) is 37.6 Å². The molecular formula is C21H25ClN4O3. The smallest absolute Gasteiger partial charge is 0.271 e. The van der Waals surface area contributed by atoms with Crippen molar-refractivity contribution in [3.8, 4) is 0 Å². The number of nitro groups is 1. The van der Waals surface area contributed by atoms with Gasteiger partial charge in [-0.3, -0.25) is 19.8 Å². The number of likely N-dealkylation sites (tertiary alicyclic amines) is 1. The summed E-state index contributed by atoms with van der Waals surface area (Å²) in [5, 5.41) is 11.1. The molecule has 7 nitrogen and oxygen atoms in total. The fourth-order valence-corrected chi connectivity index (χ4v) is 4.42. The summed E-state index contributed by atoms with van der Waals surface area (Å²) in [6, 6.07) is 15.1. The van der Waals surface area contributed by atoms with Crippen LogP contribution in [0.15, 0.2) is 48.5 Å². The van der Waals surface area contributed by atoms with E-state index in [0.29, 0.717) is 37.2 Å². The van der Waals surface area contributed by atoms with Gasteiger partial charge in [0, 0.05) is 37.7 Å². The Bertz CT molecular complexity index is 893. The summed E-state index contributed by atoms with van der Waals surface area (Å²) in [5.41, 5.74) is 8.94. The highest BCUT2D eigenvalue weighted by atomic mass is 35.5. The maximum atomic E-state index is 13.0. The molecule has 0 aromatic heterocycles. The molecule has 2 atom stereocenters. The Morgan fingerprint density at radius 3 is 2.62 bits per heavy atom. The summed E-state index contributed by atoms with van der Waals surface area (Å²) in [7, 11) is 0. The van der Waals surface area contributed by atoms with Gasteiger partial charge in [0.05, 0.1) is 17.2 Å². The molecule has 0 bridgehead atoms. The summed E-state index contributed by atoms with van der Waals surface area (Å²) in [6.07, 6.45) is 0.733. The molecule has 0 unspecified atom stereocenters. The van der Waals surface area contributed by atoms with Crippen LogP contribution in [0.1, 0.15) is 17.0 Å². The lowest BCUT2D eigenvalue weighted by molar-refractivity contribution is -0.384. The summed E-state index contributed by atoms with van der Waals surface area (Å²) < 4.78 is 0. The zero-order chi connectivity index (χ0) is 19.7. The van der Waals surface area contributed by atoms with Gasteiger partial charge in [-0.1, -0.05) is 36.4 Å². The lowest BCUT2D eigenvalue weighted by Gasteiger charge is -2.22. The third kappa shape index (κ3) is 4.27. The van der Waals surface area contributed by atoms with E-state index < -0.39 is 4.92 Å². The number of rotatable bonds is 5. The largest absolute Gasteiger partial charge is 0.330 e. The highest BCUT2D eigenvalue weighted by Crippen LogP contribution is 2.34. The van der Waals surface area contributed by atoms with Crippen molar-refractivity contribution in [3.63, 3.8) is 0 Å². The van der Waals surface area contributed by atoms with Crippen LogP contribution in [0.4, 0.5) is 11.4 Å². The first-order valence-electron chi connectivity index (χ1n) is 9.62.